The molecule has 0 radical (unpaired) electrons. The fourth-order valence-electron chi connectivity index (χ4n) is 1.75. The number of carbonyl (C=O) groups is 1. The largest absolute Gasteiger partial charge is 0.352 e. The lowest BCUT2D eigenvalue weighted by molar-refractivity contribution is 0.0953. The van der Waals surface area contributed by atoms with Gasteiger partial charge in [0.15, 0.2) is 0 Å². The Kier molecular flexibility index (Phi) is 5.16. The van der Waals surface area contributed by atoms with Crippen LogP contribution in [0.25, 0.3) is 0 Å². The average Bonchev–Trinajstić information content (AvgIpc) is 2.41. The van der Waals surface area contributed by atoms with Gasteiger partial charge in [0.2, 0.25) is 0 Å². The molecule has 98 valence electrons. The molecule has 0 aromatic heterocycles. The van der Waals surface area contributed by atoms with Crippen LogP contribution in [-0.2, 0) is 6.42 Å². The van der Waals surface area contributed by atoms with Gasteiger partial charge in [0.25, 0.3) is 5.91 Å². The van der Waals surface area contributed by atoms with Crippen molar-refractivity contribution in [2.45, 2.75) is 6.42 Å². The van der Waals surface area contributed by atoms with Crippen LogP contribution >= 0.6 is 31.9 Å². The Morgan fingerprint density at radius 2 is 1.58 bits per heavy atom. The fourth-order valence-corrected chi connectivity index (χ4v) is 2.70. The summed E-state index contributed by atoms with van der Waals surface area (Å²) >= 11 is 6.88. The molecule has 0 saturated heterocycles. The van der Waals surface area contributed by atoms with Crippen LogP contribution in [0.5, 0.6) is 0 Å². The van der Waals surface area contributed by atoms with E-state index in [1.165, 1.54) is 5.56 Å². The van der Waals surface area contributed by atoms with E-state index < -0.39 is 0 Å². The standard InChI is InChI=1S/C15H13Br2NO/c16-13-7-3-1-5-11(13)9-10-18-15(19)12-6-2-4-8-14(12)17/h1-8H,9-10H2,(H,18,19). The summed E-state index contributed by atoms with van der Waals surface area (Å²) in [6.45, 7) is 0.614. The Balaban J connectivity index is 1.92. The molecular formula is C15H13Br2NO. The van der Waals surface area contributed by atoms with E-state index in [-0.39, 0.29) is 5.91 Å². The molecule has 0 atom stereocenters. The van der Waals surface area contributed by atoms with Crippen LogP contribution in [0.4, 0.5) is 0 Å². The second-order valence-electron chi connectivity index (χ2n) is 4.08. The van der Waals surface area contributed by atoms with Crippen LogP contribution in [-0.4, -0.2) is 12.5 Å². The van der Waals surface area contributed by atoms with Gasteiger partial charge in [-0.15, -0.1) is 0 Å². The van der Waals surface area contributed by atoms with Gasteiger partial charge >= 0.3 is 0 Å². The summed E-state index contributed by atoms with van der Waals surface area (Å²) in [6.07, 6.45) is 0.803. The summed E-state index contributed by atoms with van der Waals surface area (Å²) in [5.41, 5.74) is 1.85. The predicted octanol–water partition coefficient (Wildman–Crippen LogP) is 4.18. The second-order valence-corrected chi connectivity index (χ2v) is 5.79. The zero-order valence-corrected chi connectivity index (χ0v) is 13.4. The first-order valence-electron chi connectivity index (χ1n) is 5.94. The zero-order chi connectivity index (χ0) is 13.7. The molecule has 2 aromatic carbocycles. The molecule has 0 aliphatic heterocycles. The third kappa shape index (κ3) is 3.91. The van der Waals surface area contributed by atoms with Crippen LogP contribution < -0.4 is 5.32 Å². The Morgan fingerprint density at radius 3 is 2.26 bits per heavy atom. The average molecular weight is 383 g/mol. The highest BCUT2D eigenvalue weighted by Gasteiger charge is 2.08. The third-order valence-corrected chi connectivity index (χ3v) is 4.22. The number of halogens is 2. The summed E-state index contributed by atoms with van der Waals surface area (Å²) in [6, 6.07) is 15.4. The van der Waals surface area contributed by atoms with E-state index in [2.05, 4.69) is 43.2 Å². The quantitative estimate of drug-likeness (QED) is 0.844. The number of hydrogen-bond acceptors (Lipinski definition) is 1. The van der Waals surface area contributed by atoms with Gasteiger partial charge in [-0.3, -0.25) is 4.79 Å². The highest BCUT2D eigenvalue weighted by atomic mass is 79.9. The first kappa shape index (κ1) is 14.3. The van der Waals surface area contributed by atoms with Crippen LogP contribution in [0.3, 0.4) is 0 Å². The minimum Gasteiger partial charge on any atom is -0.352 e. The molecule has 19 heavy (non-hydrogen) atoms. The lowest BCUT2D eigenvalue weighted by Crippen LogP contribution is -2.26. The highest BCUT2D eigenvalue weighted by molar-refractivity contribution is 9.10. The summed E-state index contributed by atoms with van der Waals surface area (Å²) in [5.74, 6) is -0.0560. The van der Waals surface area contributed by atoms with Crippen LogP contribution in [0.15, 0.2) is 57.5 Å². The summed E-state index contributed by atoms with van der Waals surface area (Å²) < 4.78 is 1.89. The first-order chi connectivity index (χ1) is 9.18. The molecule has 1 amide bonds. The highest BCUT2D eigenvalue weighted by Crippen LogP contribution is 2.17. The van der Waals surface area contributed by atoms with Gasteiger partial charge in [0.05, 0.1) is 5.56 Å². The zero-order valence-electron chi connectivity index (χ0n) is 10.2. The predicted molar refractivity (Wildman–Crippen MR) is 84.3 cm³/mol. The topological polar surface area (TPSA) is 29.1 Å². The van der Waals surface area contributed by atoms with E-state index in [4.69, 9.17) is 0 Å². The van der Waals surface area contributed by atoms with Crippen molar-refractivity contribution in [2.75, 3.05) is 6.54 Å². The second kappa shape index (κ2) is 6.87. The van der Waals surface area contributed by atoms with Crippen molar-refractivity contribution in [1.29, 1.82) is 0 Å². The van der Waals surface area contributed by atoms with Crippen molar-refractivity contribution < 1.29 is 4.79 Å². The monoisotopic (exact) mass is 381 g/mol. The van der Waals surface area contributed by atoms with Crippen molar-refractivity contribution in [3.63, 3.8) is 0 Å². The maximum absolute atomic E-state index is 12.0. The summed E-state index contributed by atoms with van der Waals surface area (Å²) in [5, 5.41) is 2.93. The Morgan fingerprint density at radius 1 is 0.947 bits per heavy atom. The summed E-state index contributed by atoms with van der Waals surface area (Å²) in [4.78, 5) is 12.0. The van der Waals surface area contributed by atoms with Crippen molar-refractivity contribution in [2.24, 2.45) is 0 Å². The fraction of sp³-hybridized carbons (Fsp3) is 0.133. The first-order valence-corrected chi connectivity index (χ1v) is 7.53. The lowest BCUT2D eigenvalue weighted by Gasteiger charge is -2.08. The maximum atomic E-state index is 12.0. The van der Waals surface area contributed by atoms with E-state index in [0.29, 0.717) is 12.1 Å². The van der Waals surface area contributed by atoms with Gasteiger partial charge in [0.1, 0.15) is 0 Å². The van der Waals surface area contributed by atoms with E-state index in [1.54, 1.807) is 6.07 Å². The molecule has 0 heterocycles. The molecule has 0 aliphatic carbocycles. The van der Waals surface area contributed by atoms with Crippen LogP contribution in [0, 0.1) is 0 Å². The van der Waals surface area contributed by atoms with Gasteiger partial charge in [-0.05, 0) is 46.1 Å². The van der Waals surface area contributed by atoms with Crippen LogP contribution in [0.1, 0.15) is 15.9 Å². The molecule has 1 N–H and O–H groups in total. The Bertz CT molecular complexity index is 584. The van der Waals surface area contributed by atoms with E-state index in [1.807, 2.05) is 36.4 Å². The number of carbonyl (C=O) groups excluding carboxylic acids is 1. The lowest BCUT2D eigenvalue weighted by atomic mass is 10.1. The number of benzene rings is 2. The van der Waals surface area contributed by atoms with E-state index in [0.717, 1.165) is 15.4 Å². The van der Waals surface area contributed by atoms with E-state index >= 15 is 0 Å². The van der Waals surface area contributed by atoms with Gasteiger partial charge in [-0.25, -0.2) is 0 Å². The molecule has 0 saturated carbocycles. The minimum atomic E-state index is -0.0560. The molecule has 0 bridgehead atoms. The maximum Gasteiger partial charge on any atom is 0.252 e. The molecule has 0 fully saturated rings. The number of hydrogen-bond donors (Lipinski definition) is 1. The van der Waals surface area contributed by atoms with Crippen LogP contribution in [0.2, 0.25) is 0 Å². The summed E-state index contributed by atoms with van der Waals surface area (Å²) in [7, 11) is 0. The molecule has 4 heteroatoms. The van der Waals surface area contributed by atoms with Gasteiger partial charge < -0.3 is 5.32 Å². The van der Waals surface area contributed by atoms with Gasteiger partial charge in [0, 0.05) is 15.5 Å². The number of nitrogens with one attached hydrogen (secondary N) is 1. The minimum absolute atomic E-state index is 0.0560. The van der Waals surface area contributed by atoms with Crippen molar-refractivity contribution in [1.82, 2.24) is 5.32 Å². The van der Waals surface area contributed by atoms with E-state index in [9.17, 15) is 4.79 Å². The Hall–Kier alpha value is -1.13. The van der Waals surface area contributed by atoms with Gasteiger partial charge in [-0.1, -0.05) is 46.3 Å². The third-order valence-electron chi connectivity index (χ3n) is 2.76. The number of rotatable bonds is 4. The van der Waals surface area contributed by atoms with Gasteiger partial charge in [-0.2, -0.15) is 0 Å². The molecule has 0 spiro atoms. The molecular weight excluding hydrogens is 370 g/mol. The van der Waals surface area contributed by atoms with Crippen molar-refractivity contribution in [3.8, 4) is 0 Å². The Labute approximate surface area is 129 Å². The smallest absolute Gasteiger partial charge is 0.252 e. The van der Waals surface area contributed by atoms with Crippen molar-refractivity contribution in [3.05, 3.63) is 68.6 Å². The number of amides is 1. The molecule has 0 aliphatic rings. The molecule has 2 nitrogen and oxygen atoms in total. The molecule has 0 unspecified atom stereocenters. The molecule has 2 aromatic rings. The SMILES string of the molecule is O=C(NCCc1ccccc1Br)c1ccccc1Br. The molecule has 2 rings (SSSR count). The normalized spacial score (nSPS) is 10.2. The van der Waals surface area contributed by atoms with Crippen molar-refractivity contribution >= 4 is 37.8 Å².